The van der Waals surface area contributed by atoms with E-state index >= 15 is 0 Å². The largest absolute Gasteiger partial charge is 0.507 e. The van der Waals surface area contributed by atoms with Crippen molar-refractivity contribution in [3.05, 3.63) is 41.2 Å². The van der Waals surface area contributed by atoms with Gasteiger partial charge in [0.1, 0.15) is 5.75 Å². The van der Waals surface area contributed by atoms with Gasteiger partial charge in [-0.25, -0.2) is 13.2 Å². The Labute approximate surface area is 206 Å². The Kier molecular flexibility index (Phi) is 7.51. The molecule has 1 N–H and O–H groups in total. The van der Waals surface area contributed by atoms with Crippen LogP contribution in [0.3, 0.4) is 0 Å². The highest BCUT2D eigenvalue weighted by atomic mass is 32.2. The van der Waals surface area contributed by atoms with E-state index in [0.717, 1.165) is 16.0 Å². The average Bonchev–Trinajstić information content (AvgIpc) is 3.24. The topological polar surface area (TPSA) is 97.1 Å². The van der Waals surface area contributed by atoms with Crippen molar-refractivity contribution in [1.82, 2.24) is 4.31 Å². The van der Waals surface area contributed by atoms with E-state index in [1.54, 1.807) is 11.8 Å². The number of esters is 1. The number of sulfonamides is 1. The highest BCUT2D eigenvalue weighted by Gasteiger charge is 2.33. The van der Waals surface area contributed by atoms with Gasteiger partial charge in [0.15, 0.2) is 0 Å². The first-order valence-electron chi connectivity index (χ1n) is 11.4. The lowest BCUT2D eigenvalue weighted by atomic mass is 9.79. The molecule has 188 valence electrons. The van der Waals surface area contributed by atoms with Crippen LogP contribution in [0.4, 0.5) is 0 Å². The Morgan fingerprint density at radius 1 is 1.06 bits per heavy atom. The molecule has 9 heteroatoms. The van der Waals surface area contributed by atoms with Crippen molar-refractivity contribution < 1.29 is 27.5 Å². The van der Waals surface area contributed by atoms with Gasteiger partial charge in [-0.3, -0.25) is 0 Å². The van der Waals surface area contributed by atoms with Crippen LogP contribution in [-0.2, 0) is 25.6 Å². The summed E-state index contributed by atoms with van der Waals surface area (Å²) in [5.74, 6) is -0.493. The van der Waals surface area contributed by atoms with Crippen molar-refractivity contribution in [1.29, 1.82) is 0 Å². The molecule has 0 aliphatic carbocycles. The van der Waals surface area contributed by atoms with Gasteiger partial charge in [0.25, 0.3) is 10.0 Å². The molecule has 1 aliphatic heterocycles. The summed E-state index contributed by atoms with van der Waals surface area (Å²) in [6, 6.07) is 6.73. The Morgan fingerprint density at radius 3 is 2.06 bits per heavy atom. The number of thioether (sulfide) groups is 1. The quantitative estimate of drug-likeness (QED) is 0.545. The Balaban J connectivity index is 1.75. The molecule has 0 amide bonds. The van der Waals surface area contributed by atoms with Crippen molar-refractivity contribution in [3.63, 3.8) is 0 Å². The lowest BCUT2D eigenvalue weighted by Crippen LogP contribution is -2.39. The number of hydrogen-bond donors (Lipinski definition) is 1. The molecule has 7 nitrogen and oxygen atoms in total. The minimum Gasteiger partial charge on any atom is -0.507 e. The molecule has 3 rings (SSSR count). The molecule has 1 aromatic heterocycles. The number of hydrogen-bond acceptors (Lipinski definition) is 7. The summed E-state index contributed by atoms with van der Waals surface area (Å²) in [5.41, 5.74) is 1.43. The smallest absolute Gasteiger partial charge is 0.374 e. The Bertz CT molecular complexity index is 1110. The average molecular weight is 510 g/mol. The zero-order chi connectivity index (χ0) is 25.5. The van der Waals surface area contributed by atoms with Gasteiger partial charge in [-0.2, -0.15) is 4.31 Å². The number of piperidine rings is 1. The number of rotatable bonds is 5. The summed E-state index contributed by atoms with van der Waals surface area (Å²) in [6.45, 7) is 13.3. The number of nitrogens with zero attached hydrogens (tertiary/aromatic N) is 1. The number of phenols is 1. The molecule has 0 unspecified atom stereocenters. The van der Waals surface area contributed by atoms with Crippen molar-refractivity contribution in [3.8, 4) is 5.75 Å². The summed E-state index contributed by atoms with van der Waals surface area (Å²) in [5, 5.41) is 11.0. The standard InChI is InChI=1S/C25H35NO6S2/c1-24(2,3)18-14-17(15-19(22(18)27)25(4,5)6)33-16-10-12-26(13-11-16)34(29,30)21-9-8-20(32-21)23(28)31-7/h8-9,14-16,27H,10-13H2,1-7H3. The maximum atomic E-state index is 13.0. The lowest BCUT2D eigenvalue weighted by Gasteiger charge is -2.31. The fourth-order valence-corrected chi connectivity index (χ4v) is 6.58. The molecular formula is C25H35NO6S2. The molecule has 0 saturated carbocycles. The monoisotopic (exact) mass is 509 g/mol. The van der Waals surface area contributed by atoms with Gasteiger partial charge in [0.05, 0.1) is 7.11 Å². The van der Waals surface area contributed by atoms with Gasteiger partial charge >= 0.3 is 5.97 Å². The number of benzene rings is 1. The number of carbonyl (C=O) groups is 1. The Hall–Kier alpha value is -1.97. The van der Waals surface area contributed by atoms with E-state index in [9.17, 15) is 18.3 Å². The molecule has 0 bridgehead atoms. The maximum absolute atomic E-state index is 13.0. The van der Waals surface area contributed by atoms with Crippen molar-refractivity contribution in [2.24, 2.45) is 0 Å². The molecule has 2 aromatic rings. The highest BCUT2D eigenvalue weighted by Crippen LogP contribution is 2.43. The second-order valence-corrected chi connectivity index (χ2v) is 13.9. The van der Waals surface area contributed by atoms with Crippen LogP contribution < -0.4 is 0 Å². The first-order chi connectivity index (χ1) is 15.6. The van der Waals surface area contributed by atoms with Crippen LogP contribution in [0.5, 0.6) is 5.75 Å². The van der Waals surface area contributed by atoms with Crippen LogP contribution in [0.2, 0.25) is 0 Å². The van der Waals surface area contributed by atoms with Crippen molar-refractivity contribution in [2.75, 3.05) is 20.2 Å². The second kappa shape index (κ2) is 9.59. The third-order valence-electron chi connectivity index (χ3n) is 5.97. The molecule has 2 heterocycles. The molecular weight excluding hydrogens is 474 g/mol. The van der Waals surface area contributed by atoms with Crippen LogP contribution in [0.25, 0.3) is 0 Å². The normalized spacial score (nSPS) is 16.6. The number of phenolic OH excluding ortho intramolecular Hbond substituents is 1. The predicted molar refractivity (Wildman–Crippen MR) is 133 cm³/mol. The molecule has 34 heavy (non-hydrogen) atoms. The minimum absolute atomic E-state index is 0.136. The third-order valence-corrected chi connectivity index (χ3v) is 9.05. The molecule has 1 aromatic carbocycles. The molecule has 0 radical (unpaired) electrons. The summed E-state index contributed by atoms with van der Waals surface area (Å²) in [4.78, 5) is 12.7. The third kappa shape index (κ3) is 5.63. The fourth-order valence-electron chi connectivity index (χ4n) is 4.00. The number of methoxy groups -OCH3 is 1. The summed E-state index contributed by atoms with van der Waals surface area (Å²) < 4.78 is 37.2. The van der Waals surface area contributed by atoms with Gasteiger partial charge in [-0.15, -0.1) is 11.8 Å². The van der Waals surface area contributed by atoms with E-state index in [1.165, 1.54) is 23.5 Å². The van der Waals surface area contributed by atoms with E-state index < -0.39 is 16.0 Å². The number of furan rings is 1. The van der Waals surface area contributed by atoms with Crippen LogP contribution in [0, 0.1) is 0 Å². The first kappa shape index (κ1) is 26.6. The van der Waals surface area contributed by atoms with E-state index in [1.807, 2.05) is 0 Å². The highest BCUT2D eigenvalue weighted by molar-refractivity contribution is 8.00. The molecule has 1 aliphatic rings. The zero-order valence-electron chi connectivity index (χ0n) is 21.0. The summed E-state index contributed by atoms with van der Waals surface area (Å²) in [6.07, 6.45) is 1.37. The van der Waals surface area contributed by atoms with Gasteiger partial charge in [-0.1, -0.05) is 41.5 Å². The number of ether oxygens (including phenoxy) is 1. The lowest BCUT2D eigenvalue weighted by molar-refractivity contribution is 0.0558. The zero-order valence-corrected chi connectivity index (χ0v) is 22.6. The summed E-state index contributed by atoms with van der Waals surface area (Å²) in [7, 11) is -2.61. The number of aromatic hydroxyl groups is 1. The SMILES string of the molecule is COC(=O)c1ccc(S(=O)(=O)N2CCC(Sc3cc(C(C)(C)C)c(O)c(C(C)(C)C)c3)CC2)o1. The molecule has 1 fully saturated rings. The maximum Gasteiger partial charge on any atom is 0.374 e. The molecule has 0 atom stereocenters. The molecule has 0 spiro atoms. The van der Waals surface area contributed by atoms with Crippen molar-refractivity contribution >= 4 is 27.8 Å². The van der Waals surface area contributed by atoms with Gasteiger partial charge < -0.3 is 14.3 Å². The van der Waals surface area contributed by atoms with Gasteiger partial charge in [0.2, 0.25) is 10.9 Å². The van der Waals surface area contributed by atoms with E-state index in [2.05, 4.69) is 58.4 Å². The first-order valence-corrected chi connectivity index (χ1v) is 13.7. The number of carbonyl (C=O) groups excluding carboxylic acids is 1. The van der Waals surface area contributed by atoms with E-state index in [4.69, 9.17) is 4.42 Å². The van der Waals surface area contributed by atoms with Crippen molar-refractivity contribution in [2.45, 2.75) is 80.5 Å². The molecule has 1 saturated heterocycles. The van der Waals surface area contributed by atoms with Gasteiger partial charge in [0, 0.05) is 34.4 Å². The van der Waals surface area contributed by atoms with Crippen LogP contribution >= 0.6 is 11.8 Å². The van der Waals surface area contributed by atoms with Crippen LogP contribution in [0.1, 0.15) is 76.1 Å². The fraction of sp³-hybridized carbons (Fsp3) is 0.560. The van der Waals surface area contributed by atoms with E-state index in [0.29, 0.717) is 31.7 Å². The Morgan fingerprint density at radius 2 is 1.59 bits per heavy atom. The summed E-state index contributed by atoms with van der Waals surface area (Å²) >= 11 is 1.74. The second-order valence-electron chi connectivity index (χ2n) is 10.7. The van der Waals surface area contributed by atoms with Crippen LogP contribution in [0.15, 0.2) is 38.7 Å². The predicted octanol–water partition coefficient (Wildman–Crippen LogP) is 5.31. The van der Waals surface area contributed by atoms with E-state index in [-0.39, 0.29) is 26.9 Å². The minimum atomic E-state index is -3.82. The van der Waals surface area contributed by atoms with Gasteiger partial charge in [-0.05, 0) is 47.9 Å². The van der Waals surface area contributed by atoms with Crippen LogP contribution in [-0.4, -0.2) is 49.2 Å².